The van der Waals surface area contributed by atoms with Gasteiger partial charge in [-0.15, -0.1) is 0 Å². The molecule has 0 bridgehead atoms. The van der Waals surface area contributed by atoms with Crippen molar-refractivity contribution in [3.05, 3.63) is 48.0 Å². The summed E-state index contributed by atoms with van der Waals surface area (Å²) < 4.78 is 33.5. The van der Waals surface area contributed by atoms with Gasteiger partial charge in [-0.25, -0.2) is 13.6 Å². The number of quaternary nitrogens is 2. The summed E-state index contributed by atoms with van der Waals surface area (Å²) in [5.74, 6) is 1.52. The van der Waals surface area contributed by atoms with Crippen LogP contribution >= 0.6 is 0 Å². The third-order valence-corrected chi connectivity index (χ3v) is 6.88. The van der Waals surface area contributed by atoms with Gasteiger partial charge in [-0.3, -0.25) is 4.79 Å². The van der Waals surface area contributed by atoms with Gasteiger partial charge < -0.3 is 24.6 Å². The smallest absolute Gasteiger partial charge is 0.282 e. The molecule has 2 aromatic rings. The molecule has 31 heavy (non-hydrogen) atoms. The molecule has 5 N–H and O–H groups in total. The van der Waals surface area contributed by atoms with Gasteiger partial charge in [0.05, 0.1) is 4.90 Å². The van der Waals surface area contributed by atoms with E-state index in [1.54, 1.807) is 12.1 Å². The molecule has 0 radical (unpaired) electrons. The first kappa shape index (κ1) is 21.6. The summed E-state index contributed by atoms with van der Waals surface area (Å²) in [7, 11) is -3.74. The van der Waals surface area contributed by atoms with Crippen LogP contribution < -0.4 is 29.7 Å². The fourth-order valence-electron chi connectivity index (χ4n) is 4.04. The first-order chi connectivity index (χ1) is 14.8. The van der Waals surface area contributed by atoms with Crippen LogP contribution in [0.25, 0.3) is 0 Å². The highest BCUT2D eigenvalue weighted by Crippen LogP contribution is 2.32. The Balaban J connectivity index is 1.27. The monoisotopic (exact) mass is 448 g/mol. The van der Waals surface area contributed by atoms with E-state index >= 15 is 0 Å². The minimum absolute atomic E-state index is 0.0192. The van der Waals surface area contributed by atoms with Gasteiger partial charge in [-0.1, -0.05) is 0 Å². The van der Waals surface area contributed by atoms with E-state index in [0.717, 1.165) is 44.2 Å². The maximum absolute atomic E-state index is 12.7. The molecule has 10 heteroatoms. The molecule has 2 heterocycles. The Morgan fingerprint density at radius 1 is 1.06 bits per heavy atom. The topological polar surface area (TPSA) is 117 Å². The van der Waals surface area contributed by atoms with Crippen molar-refractivity contribution in [1.29, 1.82) is 0 Å². The third-order valence-electron chi connectivity index (χ3n) is 5.95. The molecule has 0 unspecified atom stereocenters. The predicted molar refractivity (Wildman–Crippen MR) is 114 cm³/mol. The molecule has 0 aromatic heterocycles. The number of hydrogen-bond acceptors (Lipinski definition) is 5. The molecular formula is C21H28N4O5S+2. The van der Waals surface area contributed by atoms with Crippen molar-refractivity contribution in [3.63, 3.8) is 0 Å². The minimum atomic E-state index is -3.74. The molecule has 166 valence electrons. The van der Waals surface area contributed by atoms with Crippen LogP contribution in [0, 0.1) is 0 Å². The van der Waals surface area contributed by atoms with Gasteiger partial charge in [0.25, 0.3) is 5.91 Å². The second-order valence-electron chi connectivity index (χ2n) is 8.05. The van der Waals surface area contributed by atoms with Crippen LogP contribution in [0.1, 0.15) is 12.5 Å². The molecule has 2 aromatic carbocycles. The Labute approximate surface area is 181 Å². The van der Waals surface area contributed by atoms with Crippen molar-refractivity contribution < 1.29 is 32.5 Å². The average molecular weight is 449 g/mol. The average Bonchev–Trinajstić information content (AvgIpc) is 3.21. The molecule has 1 fully saturated rings. The highest BCUT2D eigenvalue weighted by Gasteiger charge is 2.31. The van der Waals surface area contributed by atoms with Gasteiger partial charge in [-0.05, 0) is 49.4 Å². The van der Waals surface area contributed by atoms with E-state index in [-0.39, 0.29) is 23.6 Å². The molecule has 4 rings (SSSR count). The van der Waals surface area contributed by atoms with Gasteiger partial charge in [0.2, 0.25) is 16.8 Å². The van der Waals surface area contributed by atoms with Crippen LogP contribution in [-0.4, -0.2) is 53.3 Å². The first-order valence-corrected chi connectivity index (χ1v) is 11.8. The number of sulfonamides is 1. The number of rotatable bonds is 6. The quantitative estimate of drug-likeness (QED) is 0.424. The Bertz CT molecular complexity index is 1050. The number of primary sulfonamides is 1. The lowest BCUT2D eigenvalue weighted by molar-refractivity contribution is -1.02. The molecule has 1 saturated heterocycles. The maximum atomic E-state index is 12.7. The van der Waals surface area contributed by atoms with Crippen LogP contribution in [0.4, 0.5) is 5.69 Å². The Morgan fingerprint density at radius 2 is 1.74 bits per heavy atom. The summed E-state index contributed by atoms with van der Waals surface area (Å²) in [4.78, 5) is 15.4. The van der Waals surface area contributed by atoms with Crippen molar-refractivity contribution in [2.75, 3.05) is 38.3 Å². The number of nitrogens with one attached hydrogen (secondary N) is 3. The Morgan fingerprint density at radius 3 is 2.42 bits per heavy atom. The molecule has 0 saturated carbocycles. The standard InChI is InChI=1S/C21H26N4O5S/c1-15(21(26)23-17-3-5-18(6-4-17)31(22,27)28)25-10-8-24(9-11-25)13-16-2-7-19-20(12-16)30-14-29-19/h2-7,12,15H,8-11,13-14H2,1H3,(H,23,26)(H2,22,27,28)/p+2/t15-/m1/s1. The van der Waals surface area contributed by atoms with E-state index in [0.29, 0.717) is 5.69 Å². The molecule has 1 atom stereocenters. The number of nitrogens with two attached hydrogens (primary N) is 1. The molecule has 9 nitrogen and oxygen atoms in total. The maximum Gasteiger partial charge on any atom is 0.282 e. The van der Waals surface area contributed by atoms with E-state index < -0.39 is 10.0 Å². The summed E-state index contributed by atoms with van der Waals surface area (Å²) in [5, 5.41) is 7.97. The zero-order valence-electron chi connectivity index (χ0n) is 17.4. The van der Waals surface area contributed by atoms with Crippen LogP contribution in [0.3, 0.4) is 0 Å². The number of amides is 1. The first-order valence-electron chi connectivity index (χ1n) is 10.3. The van der Waals surface area contributed by atoms with Gasteiger partial charge in [-0.2, -0.15) is 0 Å². The van der Waals surface area contributed by atoms with Crippen molar-refractivity contribution in [2.24, 2.45) is 5.14 Å². The lowest BCUT2D eigenvalue weighted by Crippen LogP contribution is -3.29. The highest BCUT2D eigenvalue weighted by atomic mass is 32.2. The largest absolute Gasteiger partial charge is 0.454 e. The summed E-state index contributed by atoms with van der Waals surface area (Å²) in [6, 6.07) is 11.8. The molecule has 2 aliphatic rings. The van der Waals surface area contributed by atoms with Crippen molar-refractivity contribution in [3.8, 4) is 11.5 Å². The Hall–Kier alpha value is -2.66. The van der Waals surface area contributed by atoms with Crippen LogP contribution in [0.2, 0.25) is 0 Å². The summed E-state index contributed by atoms with van der Waals surface area (Å²) in [6.45, 7) is 6.88. The second kappa shape index (κ2) is 8.83. The number of piperazine rings is 1. The summed E-state index contributed by atoms with van der Waals surface area (Å²) >= 11 is 0. The van der Waals surface area contributed by atoms with Gasteiger partial charge >= 0.3 is 0 Å². The number of carbonyl (C=O) groups is 1. The number of ether oxygens (including phenoxy) is 2. The van der Waals surface area contributed by atoms with Crippen molar-refractivity contribution in [1.82, 2.24) is 0 Å². The molecule has 1 amide bonds. The lowest BCUT2D eigenvalue weighted by Gasteiger charge is -2.32. The molecule has 2 aliphatic heterocycles. The highest BCUT2D eigenvalue weighted by molar-refractivity contribution is 7.89. The third kappa shape index (κ3) is 5.16. The number of hydrogen-bond donors (Lipinski definition) is 4. The predicted octanol–water partition coefficient (Wildman–Crippen LogP) is -1.63. The summed E-state index contributed by atoms with van der Waals surface area (Å²) in [5.41, 5.74) is 1.77. The second-order valence-corrected chi connectivity index (χ2v) is 9.61. The number of fused-ring (bicyclic) bond motifs is 1. The van der Waals surface area contributed by atoms with Crippen LogP contribution in [-0.2, 0) is 21.4 Å². The van der Waals surface area contributed by atoms with Gasteiger partial charge in [0.1, 0.15) is 32.7 Å². The fourth-order valence-corrected chi connectivity index (χ4v) is 4.55. The fraction of sp³-hybridized carbons (Fsp3) is 0.381. The van der Waals surface area contributed by atoms with E-state index in [4.69, 9.17) is 14.6 Å². The zero-order chi connectivity index (χ0) is 22.0. The molecule has 0 spiro atoms. The SMILES string of the molecule is C[C@H](C(=O)Nc1ccc(S(N)(=O)=O)cc1)[NH+]1CC[NH+](Cc2ccc3c(c2)OCO3)CC1. The number of benzene rings is 2. The normalized spacial score (nSPS) is 21.5. The zero-order valence-corrected chi connectivity index (χ0v) is 18.2. The van der Waals surface area contributed by atoms with E-state index in [1.165, 1.54) is 27.5 Å². The van der Waals surface area contributed by atoms with Crippen LogP contribution in [0.15, 0.2) is 47.4 Å². The molecule has 0 aliphatic carbocycles. The van der Waals surface area contributed by atoms with E-state index in [9.17, 15) is 13.2 Å². The van der Waals surface area contributed by atoms with Gasteiger partial charge in [0, 0.05) is 11.3 Å². The lowest BCUT2D eigenvalue weighted by atomic mass is 10.1. The minimum Gasteiger partial charge on any atom is -0.454 e. The number of anilines is 1. The number of carbonyl (C=O) groups excluding carboxylic acids is 1. The van der Waals surface area contributed by atoms with E-state index in [1.807, 2.05) is 19.1 Å². The van der Waals surface area contributed by atoms with E-state index in [2.05, 4.69) is 11.4 Å². The van der Waals surface area contributed by atoms with Gasteiger partial charge in [0.15, 0.2) is 17.5 Å². The van der Waals surface area contributed by atoms with Crippen molar-refractivity contribution >= 4 is 21.6 Å². The van der Waals surface area contributed by atoms with Crippen LogP contribution in [0.5, 0.6) is 11.5 Å². The Kier molecular flexibility index (Phi) is 6.15. The summed E-state index contributed by atoms with van der Waals surface area (Å²) in [6.07, 6.45) is 0. The molecular weight excluding hydrogens is 420 g/mol. The van der Waals surface area contributed by atoms with Crippen molar-refractivity contribution in [2.45, 2.75) is 24.4 Å².